The number of pyridine rings is 1. The first-order valence-corrected chi connectivity index (χ1v) is 7.97. The number of nitrogens with one attached hydrogen (secondary N) is 2. The molecule has 1 aromatic carbocycles. The lowest BCUT2D eigenvalue weighted by Crippen LogP contribution is -2.32. The number of benzene rings is 1. The van der Waals surface area contributed by atoms with Crippen LogP contribution in [0.5, 0.6) is 0 Å². The number of rotatable bonds is 4. The highest BCUT2D eigenvalue weighted by molar-refractivity contribution is 7.80. The molecule has 2 rings (SSSR count). The number of aromatic nitrogens is 1. The maximum Gasteiger partial charge on any atom is 0.172 e. The van der Waals surface area contributed by atoms with Gasteiger partial charge in [0.1, 0.15) is 5.82 Å². The Hall–Kier alpha value is -1.94. The van der Waals surface area contributed by atoms with Gasteiger partial charge in [0.2, 0.25) is 0 Å². The van der Waals surface area contributed by atoms with Crippen LogP contribution in [0.3, 0.4) is 0 Å². The lowest BCUT2D eigenvalue weighted by Gasteiger charge is -2.22. The molecule has 1 aromatic heterocycles. The third kappa shape index (κ3) is 4.28. The molecule has 0 unspecified atom stereocenters. The van der Waals surface area contributed by atoms with Gasteiger partial charge in [-0.3, -0.25) is 0 Å². The molecule has 1 atom stereocenters. The molecule has 0 fully saturated rings. The Morgan fingerprint density at radius 2 is 1.86 bits per heavy atom. The summed E-state index contributed by atoms with van der Waals surface area (Å²) < 4.78 is 0. The zero-order chi connectivity index (χ0) is 16.1. The minimum atomic E-state index is 0.199. The van der Waals surface area contributed by atoms with E-state index in [-0.39, 0.29) is 6.04 Å². The molecule has 0 radical (unpaired) electrons. The third-order valence-corrected chi connectivity index (χ3v) is 3.89. The average Bonchev–Trinajstić information content (AvgIpc) is 2.45. The molecular formula is C18H23N3S. The average molecular weight is 313 g/mol. The van der Waals surface area contributed by atoms with Crippen molar-refractivity contribution < 1.29 is 0 Å². The predicted octanol–water partition coefficient (Wildman–Crippen LogP) is 4.44. The Bertz CT molecular complexity index is 667. The Kier molecular flexibility index (Phi) is 5.50. The van der Waals surface area contributed by atoms with E-state index in [1.54, 1.807) is 6.20 Å². The summed E-state index contributed by atoms with van der Waals surface area (Å²) in [6.07, 6.45) is 2.74. The summed E-state index contributed by atoms with van der Waals surface area (Å²) in [5, 5.41) is 7.15. The van der Waals surface area contributed by atoms with Crippen molar-refractivity contribution in [3.63, 3.8) is 0 Å². The van der Waals surface area contributed by atoms with Gasteiger partial charge in [0.15, 0.2) is 5.11 Å². The van der Waals surface area contributed by atoms with Crippen LogP contribution >= 0.6 is 12.2 Å². The first-order chi connectivity index (χ1) is 10.5. The summed E-state index contributed by atoms with van der Waals surface area (Å²) in [4.78, 5) is 4.28. The fourth-order valence-electron chi connectivity index (χ4n) is 2.53. The second-order valence-electron chi connectivity index (χ2n) is 5.64. The molecule has 0 aliphatic heterocycles. The Labute approximate surface area is 138 Å². The third-order valence-electron chi connectivity index (χ3n) is 3.67. The zero-order valence-corrected chi connectivity index (χ0v) is 14.4. The highest BCUT2D eigenvalue weighted by Gasteiger charge is 2.13. The molecule has 3 nitrogen and oxygen atoms in total. The van der Waals surface area contributed by atoms with Crippen LogP contribution in [0.25, 0.3) is 0 Å². The van der Waals surface area contributed by atoms with Gasteiger partial charge in [-0.2, -0.15) is 0 Å². The van der Waals surface area contributed by atoms with E-state index in [9.17, 15) is 0 Å². The van der Waals surface area contributed by atoms with Crippen LogP contribution in [0.1, 0.15) is 41.6 Å². The van der Waals surface area contributed by atoms with Gasteiger partial charge in [-0.15, -0.1) is 0 Å². The fraction of sp³-hybridized carbons (Fsp3) is 0.333. The standard InChI is InChI=1S/C18H23N3S/c1-5-16(15-7-6-12(2)10-14(15)4)20-18(22)21-17-11-13(3)8-9-19-17/h6-11,16H,5H2,1-4H3,(H2,19,20,21,22)/t16-/m1/s1. The van der Waals surface area contributed by atoms with Gasteiger partial charge in [-0.25, -0.2) is 4.98 Å². The van der Waals surface area contributed by atoms with Crippen molar-refractivity contribution in [2.24, 2.45) is 0 Å². The highest BCUT2D eigenvalue weighted by atomic mass is 32.1. The Balaban J connectivity index is 2.08. The molecule has 0 aliphatic carbocycles. The highest BCUT2D eigenvalue weighted by Crippen LogP contribution is 2.21. The van der Waals surface area contributed by atoms with Gasteiger partial charge >= 0.3 is 0 Å². The van der Waals surface area contributed by atoms with E-state index in [2.05, 4.69) is 54.6 Å². The summed E-state index contributed by atoms with van der Waals surface area (Å²) in [7, 11) is 0. The van der Waals surface area contributed by atoms with Gasteiger partial charge < -0.3 is 10.6 Å². The van der Waals surface area contributed by atoms with Crippen molar-refractivity contribution >= 4 is 23.1 Å². The predicted molar refractivity (Wildman–Crippen MR) is 97.3 cm³/mol. The molecule has 4 heteroatoms. The van der Waals surface area contributed by atoms with Gasteiger partial charge in [-0.1, -0.05) is 30.7 Å². The van der Waals surface area contributed by atoms with Crippen molar-refractivity contribution in [2.45, 2.75) is 40.2 Å². The molecular weight excluding hydrogens is 290 g/mol. The van der Waals surface area contributed by atoms with Crippen LogP contribution < -0.4 is 10.6 Å². The van der Waals surface area contributed by atoms with Gasteiger partial charge in [-0.05, 0) is 68.2 Å². The van der Waals surface area contributed by atoms with E-state index in [0.717, 1.165) is 17.8 Å². The molecule has 22 heavy (non-hydrogen) atoms. The molecule has 0 amide bonds. The van der Waals surface area contributed by atoms with Crippen LogP contribution in [0.4, 0.5) is 5.82 Å². The summed E-state index contributed by atoms with van der Waals surface area (Å²) in [6, 6.07) is 10.7. The SMILES string of the molecule is CC[C@@H](NC(=S)Nc1cc(C)ccn1)c1ccc(C)cc1C. The molecule has 0 bridgehead atoms. The first kappa shape index (κ1) is 16.4. The van der Waals surface area contributed by atoms with Crippen LogP contribution in [-0.4, -0.2) is 10.1 Å². The van der Waals surface area contributed by atoms with E-state index < -0.39 is 0 Å². The van der Waals surface area contributed by atoms with Crippen molar-refractivity contribution in [1.29, 1.82) is 0 Å². The van der Waals surface area contributed by atoms with Gasteiger partial charge in [0, 0.05) is 6.20 Å². The lowest BCUT2D eigenvalue weighted by molar-refractivity contribution is 0.625. The largest absolute Gasteiger partial charge is 0.356 e. The van der Waals surface area contributed by atoms with Crippen LogP contribution in [0, 0.1) is 20.8 Å². The minimum Gasteiger partial charge on any atom is -0.356 e. The lowest BCUT2D eigenvalue weighted by atomic mass is 9.98. The van der Waals surface area contributed by atoms with Gasteiger partial charge in [0.25, 0.3) is 0 Å². The number of hydrogen-bond donors (Lipinski definition) is 2. The molecule has 116 valence electrons. The zero-order valence-electron chi connectivity index (χ0n) is 13.6. The molecule has 2 aromatic rings. The van der Waals surface area contributed by atoms with Crippen molar-refractivity contribution in [1.82, 2.24) is 10.3 Å². The van der Waals surface area contributed by atoms with Crippen molar-refractivity contribution in [3.8, 4) is 0 Å². The Morgan fingerprint density at radius 3 is 2.50 bits per heavy atom. The fourth-order valence-corrected chi connectivity index (χ4v) is 2.78. The maximum atomic E-state index is 5.43. The second-order valence-corrected chi connectivity index (χ2v) is 6.05. The van der Waals surface area contributed by atoms with Crippen LogP contribution in [0.2, 0.25) is 0 Å². The number of thiocarbonyl (C=S) groups is 1. The molecule has 2 N–H and O–H groups in total. The topological polar surface area (TPSA) is 37.0 Å². The summed E-state index contributed by atoms with van der Waals surface area (Å²) in [6.45, 7) is 8.45. The number of hydrogen-bond acceptors (Lipinski definition) is 2. The first-order valence-electron chi connectivity index (χ1n) is 7.57. The number of anilines is 1. The summed E-state index contributed by atoms with van der Waals surface area (Å²) in [5.74, 6) is 0.771. The molecule has 0 spiro atoms. The number of nitrogens with zero attached hydrogens (tertiary/aromatic N) is 1. The number of aryl methyl sites for hydroxylation is 3. The summed E-state index contributed by atoms with van der Waals surface area (Å²) >= 11 is 5.43. The van der Waals surface area contributed by atoms with E-state index in [1.807, 2.05) is 19.1 Å². The van der Waals surface area contributed by atoms with E-state index in [4.69, 9.17) is 12.2 Å². The normalized spacial score (nSPS) is 11.8. The van der Waals surface area contributed by atoms with Crippen LogP contribution in [-0.2, 0) is 0 Å². The quantitative estimate of drug-likeness (QED) is 0.818. The smallest absolute Gasteiger partial charge is 0.172 e. The van der Waals surface area contributed by atoms with Crippen LogP contribution in [0.15, 0.2) is 36.5 Å². The minimum absolute atomic E-state index is 0.199. The molecule has 0 saturated heterocycles. The molecule has 0 aliphatic rings. The van der Waals surface area contributed by atoms with E-state index >= 15 is 0 Å². The van der Waals surface area contributed by atoms with Gasteiger partial charge in [0.05, 0.1) is 6.04 Å². The summed E-state index contributed by atoms with van der Waals surface area (Å²) in [5.41, 5.74) is 5.01. The van der Waals surface area contributed by atoms with Crippen molar-refractivity contribution in [2.75, 3.05) is 5.32 Å². The van der Waals surface area contributed by atoms with E-state index in [0.29, 0.717) is 5.11 Å². The Morgan fingerprint density at radius 1 is 1.14 bits per heavy atom. The van der Waals surface area contributed by atoms with Crippen molar-refractivity contribution in [3.05, 3.63) is 58.8 Å². The monoisotopic (exact) mass is 313 g/mol. The van der Waals surface area contributed by atoms with E-state index in [1.165, 1.54) is 16.7 Å². The second kappa shape index (κ2) is 7.36. The molecule has 0 saturated carbocycles. The maximum absolute atomic E-state index is 5.43. The molecule has 1 heterocycles.